The molecule has 0 atom stereocenters. The Morgan fingerprint density at radius 1 is 0.418 bits per heavy atom. The topological polar surface area (TPSA) is 1000 Å². The fourth-order valence-electron chi connectivity index (χ4n) is 3.43. The van der Waals surface area contributed by atoms with Crippen molar-refractivity contribution in [3.63, 3.8) is 0 Å². The first-order valence-electron chi connectivity index (χ1n) is 12.1. The summed E-state index contributed by atoms with van der Waals surface area (Å²) in [5, 5.41) is 10.5. The summed E-state index contributed by atoms with van der Waals surface area (Å²) in [7, 11) is -46.1. The Labute approximate surface area is 383 Å². The summed E-state index contributed by atoms with van der Waals surface area (Å²) >= 11 is 1.69. The minimum atomic E-state index is -6.02. The minimum Gasteiger partial charge on any atom is -0.396 e. The van der Waals surface area contributed by atoms with E-state index in [-0.39, 0.29) is 86.6 Å². The maximum Gasteiger partial charge on any atom is 0.470 e. The third-order valence-electron chi connectivity index (χ3n) is 4.64. The second kappa shape index (κ2) is 40.1. The van der Waals surface area contributed by atoms with Gasteiger partial charge in [-0.15, -0.1) is 11.3 Å². The van der Waals surface area contributed by atoms with E-state index >= 15 is 0 Å². The highest BCUT2D eigenvalue weighted by Crippen LogP contribution is 2.57. The Morgan fingerprint density at radius 3 is 0.701 bits per heavy atom. The summed E-state index contributed by atoms with van der Waals surface area (Å²) in [5.41, 5.74) is 0. The second-order valence-corrected chi connectivity index (χ2v) is 19.1. The van der Waals surface area contributed by atoms with Gasteiger partial charge in [-0.05, 0) is 11.4 Å². The zero-order chi connectivity index (χ0) is 42.9. The van der Waals surface area contributed by atoms with Crippen molar-refractivity contribution in [1.82, 2.24) is 80.0 Å². The quantitative estimate of drug-likeness (QED) is 0.0377. The van der Waals surface area contributed by atoms with Crippen molar-refractivity contribution < 1.29 is 153 Å². The number of hydrogen-bond donors (Lipinski definition) is 28. The molecule has 2 rings (SSSR count). The van der Waals surface area contributed by atoms with Gasteiger partial charge in [-0.2, -0.15) is 16.8 Å². The molecule has 46 nitrogen and oxygen atoms in total. The molecule has 426 valence electrons. The van der Waals surface area contributed by atoms with E-state index in [1.54, 1.807) is 11.3 Å². The molecule has 0 saturated heterocycles. The molecule has 1 heterocycles. The maximum absolute atomic E-state index is 11.4. The minimum absolute atomic E-state index is 0. The molecule has 67 heavy (non-hydrogen) atoms. The fourth-order valence-corrected chi connectivity index (χ4v) is 8.03. The van der Waals surface area contributed by atoms with E-state index in [1.165, 1.54) is 4.88 Å². The lowest BCUT2D eigenvalue weighted by atomic mass is 9.85. The van der Waals surface area contributed by atoms with Crippen molar-refractivity contribution in [2.24, 2.45) is 0 Å². The summed E-state index contributed by atoms with van der Waals surface area (Å²) in [5.74, 6) is 0. The van der Waals surface area contributed by atoms with Gasteiger partial charge in [0.05, 0.1) is 0 Å². The summed E-state index contributed by atoms with van der Waals surface area (Å²) in [6.45, 7) is 0.264. The Hall–Kier alpha value is -0.460. The highest BCUT2D eigenvalue weighted by molar-refractivity contribution is 7.83. The van der Waals surface area contributed by atoms with E-state index in [2.05, 4.69) is 35.8 Å². The molecule has 54 N–H and O–H groups in total. The summed E-state index contributed by atoms with van der Waals surface area (Å²) in [6.07, 6.45) is -18.1. The van der Waals surface area contributed by atoms with Gasteiger partial charge in [0, 0.05) is 17.9 Å². The van der Waals surface area contributed by atoms with Crippen molar-refractivity contribution in [3.05, 3.63) is 22.4 Å². The number of rotatable bonds is 17. The standard InChI is InChI=1S/C6H18O24P6.C6H8OS.13H3N.H2O8S2/c7-31(8,9)25-1-2(26-32(10,11)12)4(28-34(16,17)18)6(30-36(22,23)24)5(29-35(19,20)21)3(1)27-33(13,14)15;7-4-3-6-2-1-5-8-6;;;;;;;;;;;;;;1-9(2,3)7-8-10(4,5)6/h1-6H,(H2,7,8,9)(H2,10,11,12)(H2,13,14,15)(H2,16,17,18)(H2,19,20,21)(H2,22,23,24);1-2,5,7H,3-4H2;13*1H3;(H,1,2,3)(H,4,5,6). The molecule has 1 saturated carbocycles. The number of phosphoric ester groups is 6. The first-order chi connectivity index (χ1) is 23.7. The molecule has 0 aromatic carbocycles. The van der Waals surface area contributed by atoms with E-state index in [4.69, 9.17) is 72.9 Å². The van der Waals surface area contributed by atoms with Gasteiger partial charge in [0.1, 0.15) is 36.6 Å². The maximum atomic E-state index is 11.4. The Bertz CT molecular complexity index is 1610. The van der Waals surface area contributed by atoms with Gasteiger partial charge >= 0.3 is 67.7 Å². The number of thiophene rings is 1. The molecule has 1 aromatic rings. The van der Waals surface area contributed by atoms with Crippen LogP contribution in [0.5, 0.6) is 0 Å². The molecule has 1 aromatic heterocycles. The average molecular weight is 1200 g/mol. The molecule has 1 aliphatic carbocycles. The Morgan fingerprint density at radius 2 is 0.597 bits per heavy atom. The van der Waals surface area contributed by atoms with Crippen LogP contribution >= 0.6 is 58.3 Å². The molecule has 0 radical (unpaired) electrons. The van der Waals surface area contributed by atoms with E-state index in [1.807, 2.05) is 17.5 Å². The van der Waals surface area contributed by atoms with Crippen LogP contribution in [0, 0.1) is 0 Å². The van der Waals surface area contributed by atoms with Gasteiger partial charge in [-0.25, -0.2) is 27.4 Å². The third kappa shape index (κ3) is 53.2. The summed E-state index contributed by atoms with van der Waals surface area (Å²) < 4.78 is 152. The van der Waals surface area contributed by atoms with Gasteiger partial charge in [-0.3, -0.25) is 36.2 Å². The van der Waals surface area contributed by atoms with Crippen molar-refractivity contribution in [2.45, 2.75) is 43.0 Å². The van der Waals surface area contributed by atoms with Crippen LogP contribution in [-0.4, -0.2) is 133 Å². The largest absolute Gasteiger partial charge is 0.470 e. The van der Waals surface area contributed by atoms with Crippen LogP contribution in [0.1, 0.15) is 4.88 Å². The summed E-state index contributed by atoms with van der Waals surface area (Å²) in [4.78, 5) is 111. The van der Waals surface area contributed by atoms with Crippen molar-refractivity contribution in [2.75, 3.05) is 6.61 Å². The van der Waals surface area contributed by atoms with Gasteiger partial charge < -0.3 is 144 Å². The first kappa shape index (κ1) is 104. The Balaban J connectivity index is -0.0000000643. The first-order valence-corrected chi connectivity index (χ1v) is 24.9. The molecular weight excluding hydrogens is 1140 g/mol. The predicted molar refractivity (Wildman–Crippen MR) is 227 cm³/mol. The molecular formula is C12H67N13O33P6S3. The van der Waals surface area contributed by atoms with Crippen LogP contribution in [0.4, 0.5) is 0 Å². The molecule has 1 fully saturated rings. The lowest BCUT2D eigenvalue weighted by Crippen LogP contribution is -2.66. The van der Waals surface area contributed by atoms with Crippen LogP contribution in [0.15, 0.2) is 17.5 Å². The molecule has 0 spiro atoms. The van der Waals surface area contributed by atoms with Gasteiger partial charge in [0.15, 0.2) is 0 Å². The molecule has 0 bridgehead atoms. The van der Waals surface area contributed by atoms with Crippen LogP contribution < -0.4 is 80.0 Å². The predicted octanol–water partition coefficient (Wildman–Crippen LogP) is -1.20. The fraction of sp³-hybridized carbons (Fsp3) is 0.667. The zero-order valence-corrected chi connectivity index (χ0v) is 42.1. The van der Waals surface area contributed by atoms with E-state index in [9.17, 15) is 44.2 Å². The van der Waals surface area contributed by atoms with Gasteiger partial charge in [-0.1, -0.05) is 14.7 Å². The smallest absolute Gasteiger partial charge is 0.396 e. The van der Waals surface area contributed by atoms with E-state index < -0.39 is 104 Å². The third-order valence-corrected chi connectivity index (χ3v) is 9.25. The van der Waals surface area contributed by atoms with Crippen molar-refractivity contribution >= 4 is 79.1 Å². The van der Waals surface area contributed by atoms with Crippen LogP contribution in [0.2, 0.25) is 0 Å². The van der Waals surface area contributed by atoms with Crippen molar-refractivity contribution in [3.8, 4) is 0 Å². The highest BCUT2D eigenvalue weighted by Gasteiger charge is 2.62. The Kier molecular flexibility index (Phi) is 61.9. The van der Waals surface area contributed by atoms with Gasteiger partial charge in [0.25, 0.3) is 0 Å². The molecule has 1 aliphatic rings. The number of hydrogen-bond acceptors (Lipinski definition) is 33. The number of aliphatic hydroxyl groups is 1. The highest BCUT2D eigenvalue weighted by atomic mass is 32.3. The molecule has 55 heteroatoms. The lowest BCUT2D eigenvalue weighted by molar-refractivity contribution is -0.202. The second-order valence-electron chi connectivity index (χ2n) is 8.91. The normalized spacial score (nSPS) is 18.9. The zero-order valence-electron chi connectivity index (χ0n) is 34.3. The van der Waals surface area contributed by atoms with Crippen LogP contribution in [0.25, 0.3) is 0 Å². The number of aliphatic hydroxyl groups excluding tert-OH is 1. The molecule has 0 aliphatic heterocycles. The number of phosphoric acid groups is 6. The monoisotopic (exact) mass is 1200 g/mol. The summed E-state index contributed by atoms with van der Waals surface area (Å²) in [6, 6.07) is 4.02. The van der Waals surface area contributed by atoms with Crippen molar-refractivity contribution in [1.29, 1.82) is 0 Å². The van der Waals surface area contributed by atoms with Gasteiger partial charge in [0.2, 0.25) is 0 Å². The van der Waals surface area contributed by atoms with E-state index in [0.29, 0.717) is 0 Å². The average Bonchev–Trinajstić information content (AvgIpc) is 3.39. The lowest BCUT2D eigenvalue weighted by Gasteiger charge is -2.48. The molecule has 0 unspecified atom stereocenters. The van der Waals surface area contributed by atoms with E-state index in [0.717, 1.165) is 6.42 Å². The molecule has 0 amide bonds. The van der Waals surface area contributed by atoms with Crippen LogP contribution in [0.3, 0.4) is 0 Å². The SMILES string of the molecule is N.N.N.N.N.N.N.N.N.N.N.N.N.O=P(O)(O)OC1C(OP(=O)(O)O)C(OP(=O)(O)O)C(OP(=O)(O)O)C(OP(=O)(O)O)C1OP(=O)(O)O.O=S(=O)(O)OOS(=O)(=O)O.OCCc1cccs1. The van der Waals surface area contributed by atoms with Crippen LogP contribution in [-0.2, 0) is 90.4 Å².